The van der Waals surface area contributed by atoms with Gasteiger partial charge in [-0.3, -0.25) is 4.79 Å². The van der Waals surface area contributed by atoms with Crippen molar-refractivity contribution >= 4 is 34.7 Å². The molecule has 0 N–H and O–H groups in total. The topological polar surface area (TPSA) is 65.3 Å². The molecule has 42 heavy (non-hydrogen) atoms. The van der Waals surface area contributed by atoms with Gasteiger partial charge in [-0.15, -0.1) is 12.4 Å². The van der Waals surface area contributed by atoms with Crippen molar-refractivity contribution < 1.29 is 19.0 Å². The van der Waals surface area contributed by atoms with Crippen LogP contribution in [0.4, 0.5) is 0 Å². The van der Waals surface area contributed by atoms with Gasteiger partial charge in [-0.1, -0.05) is 43.3 Å². The van der Waals surface area contributed by atoms with E-state index >= 15 is 0 Å². The van der Waals surface area contributed by atoms with E-state index in [1.54, 1.807) is 14.2 Å². The second kappa shape index (κ2) is 11.9. The average Bonchev–Trinajstić information content (AvgIpc) is 3.36. The predicted molar refractivity (Wildman–Crippen MR) is 168 cm³/mol. The highest BCUT2D eigenvalue weighted by molar-refractivity contribution is 5.88. The largest absolute Gasteiger partial charge is 0.493 e. The second-order valence-corrected chi connectivity index (χ2v) is 10.6. The Balaban J connectivity index is 0.00000353. The summed E-state index contributed by atoms with van der Waals surface area (Å²) in [6.07, 6.45) is 3.76. The van der Waals surface area contributed by atoms with E-state index in [0.29, 0.717) is 24.5 Å². The third-order valence-electron chi connectivity index (χ3n) is 8.27. The summed E-state index contributed by atoms with van der Waals surface area (Å²) in [4.78, 5) is 20.9. The Labute approximate surface area is 252 Å². The maximum Gasteiger partial charge on any atom is 0.261 e. The number of pyridine rings is 1. The molecule has 0 fully saturated rings. The van der Waals surface area contributed by atoms with Gasteiger partial charge in [0.15, 0.2) is 18.1 Å². The summed E-state index contributed by atoms with van der Waals surface area (Å²) < 4.78 is 19.5. The van der Waals surface area contributed by atoms with Crippen LogP contribution in [0.25, 0.3) is 16.4 Å². The summed E-state index contributed by atoms with van der Waals surface area (Å²) in [5.74, 6) is 1.89. The number of carbonyl (C=O) groups is 1. The Bertz CT molecular complexity index is 1780. The molecule has 7 nitrogen and oxygen atoms in total. The van der Waals surface area contributed by atoms with Crippen LogP contribution in [0.15, 0.2) is 66.9 Å². The van der Waals surface area contributed by atoms with Gasteiger partial charge in [-0.05, 0) is 77.6 Å². The fourth-order valence-corrected chi connectivity index (χ4v) is 6.07. The minimum atomic E-state index is -0.366. The molecule has 6 rings (SSSR count). The summed E-state index contributed by atoms with van der Waals surface area (Å²) in [5, 5.41) is 2.27. The number of methoxy groups -OCH3 is 2. The Hall–Kier alpha value is -4.23. The van der Waals surface area contributed by atoms with Crippen LogP contribution < -0.4 is 14.2 Å². The molecular formula is C34H36ClN3O4. The molecule has 0 spiro atoms. The number of amides is 1. The van der Waals surface area contributed by atoms with Crippen LogP contribution >= 0.6 is 12.4 Å². The average molecular weight is 586 g/mol. The summed E-state index contributed by atoms with van der Waals surface area (Å²) in [6.45, 7) is 6.79. The fraction of sp³-hybridized carbons (Fsp3) is 0.294. The lowest BCUT2D eigenvalue weighted by atomic mass is 9.94. The molecule has 0 saturated heterocycles. The standard InChI is InChI=1S/C34H35N3O4.ClH/c1-6-23-18-31-35-27-15-16-36(32(38)20-41-28-13-11-24-9-7-8-10-26(24)22(28)3)33(34(27)37(31)19-21(23)2)25-12-14-29(39-4)30(17-25)40-5;/h7-14,17-19,33H,6,15-16,20H2,1-5H3;1H. The number of imidazole rings is 1. The molecule has 0 radical (unpaired) electrons. The quantitative estimate of drug-likeness (QED) is 0.214. The third kappa shape index (κ3) is 5.02. The first-order valence-corrected chi connectivity index (χ1v) is 14.1. The van der Waals surface area contributed by atoms with Gasteiger partial charge in [0.25, 0.3) is 5.91 Å². The molecule has 3 heterocycles. The van der Waals surface area contributed by atoms with Gasteiger partial charge in [0.2, 0.25) is 0 Å². The highest BCUT2D eigenvalue weighted by atomic mass is 35.5. The zero-order valence-electron chi connectivity index (χ0n) is 24.6. The van der Waals surface area contributed by atoms with Crippen LogP contribution in [0.2, 0.25) is 0 Å². The Morgan fingerprint density at radius 2 is 1.74 bits per heavy atom. The molecule has 218 valence electrons. The number of aryl methyl sites for hydroxylation is 3. The minimum Gasteiger partial charge on any atom is -0.493 e. The van der Waals surface area contributed by atoms with E-state index in [2.05, 4.69) is 42.6 Å². The van der Waals surface area contributed by atoms with Crippen molar-refractivity contribution in [3.05, 3.63) is 101 Å². The van der Waals surface area contributed by atoms with Gasteiger partial charge >= 0.3 is 0 Å². The highest BCUT2D eigenvalue weighted by Crippen LogP contribution is 2.40. The number of benzene rings is 3. The Morgan fingerprint density at radius 1 is 0.976 bits per heavy atom. The number of fused-ring (bicyclic) bond motifs is 4. The zero-order valence-corrected chi connectivity index (χ0v) is 25.5. The summed E-state index contributed by atoms with van der Waals surface area (Å²) >= 11 is 0. The number of ether oxygens (including phenoxy) is 3. The molecule has 0 saturated carbocycles. The smallest absolute Gasteiger partial charge is 0.261 e. The van der Waals surface area contributed by atoms with Crippen LogP contribution in [0, 0.1) is 13.8 Å². The number of aromatic nitrogens is 2. The van der Waals surface area contributed by atoms with E-state index in [9.17, 15) is 4.79 Å². The predicted octanol–water partition coefficient (Wildman–Crippen LogP) is 6.66. The molecule has 0 aliphatic carbocycles. The number of hydrogen-bond acceptors (Lipinski definition) is 5. The maximum atomic E-state index is 14.0. The Morgan fingerprint density at radius 3 is 2.50 bits per heavy atom. The molecule has 1 amide bonds. The summed E-state index contributed by atoms with van der Waals surface area (Å²) in [5.41, 5.74) is 7.34. The highest BCUT2D eigenvalue weighted by Gasteiger charge is 2.36. The first-order chi connectivity index (χ1) is 19.9. The van der Waals surface area contributed by atoms with Crippen LogP contribution in [0.5, 0.6) is 17.2 Å². The Kier molecular flexibility index (Phi) is 8.32. The second-order valence-electron chi connectivity index (χ2n) is 10.6. The normalized spacial score (nSPS) is 14.4. The summed E-state index contributed by atoms with van der Waals surface area (Å²) in [7, 11) is 3.25. The van der Waals surface area contributed by atoms with Gasteiger partial charge in [0, 0.05) is 19.2 Å². The van der Waals surface area contributed by atoms with Crippen LogP contribution in [0.1, 0.15) is 46.6 Å². The van der Waals surface area contributed by atoms with E-state index in [0.717, 1.165) is 51.1 Å². The number of rotatable bonds is 7. The fourth-order valence-electron chi connectivity index (χ4n) is 6.07. The number of halogens is 1. The van der Waals surface area contributed by atoms with E-state index in [1.165, 1.54) is 11.1 Å². The van der Waals surface area contributed by atoms with Crippen LogP contribution in [-0.4, -0.2) is 47.6 Å². The van der Waals surface area contributed by atoms with Crippen molar-refractivity contribution in [2.75, 3.05) is 27.4 Å². The van der Waals surface area contributed by atoms with Gasteiger partial charge < -0.3 is 23.5 Å². The minimum absolute atomic E-state index is 0. The lowest BCUT2D eigenvalue weighted by Crippen LogP contribution is -2.43. The molecule has 1 aliphatic heterocycles. The van der Waals surface area contributed by atoms with Gasteiger partial charge in [0.05, 0.1) is 31.6 Å². The molecule has 3 aromatic carbocycles. The third-order valence-corrected chi connectivity index (χ3v) is 8.27. The summed E-state index contributed by atoms with van der Waals surface area (Å²) in [6, 6.07) is 19.8. The van der Waals surface area contributed by atoms with Crippen LogP contribution in [0.3, 0.4) is 0 Å². The molecule has 0 bridgehead atoms. The van der Waals surface area contributed by atoms with E-state index in [1.807, 2.05) is 54.3 Å². The van der Waals surface area contributed by atoms with Gasteiger partial charge in [-0.25, -0.2) is 4.98 Å². The SMILES string of the molecule is CCc1cc2nc3c(n2cc1C)C(c1ccc(OC)c(OC)c1)N(C(=O)COc1ccc2ccccc2c1C)CC3.Cl. The number of nitrogens with zero attached hydrogens (tertiary/aromatic N) is 3. The molecule has 1 atom stereocenters. The molecule has 1 aliphatic rings. The number of carbonyl (C=O) groups excluding carboxylic acids is 1. The van der Waals surface area contributed by atoms with Crippen molar-refractivity contribution in [1.82, 2.24) is 14.3 Å². The molecule has 1 unspecified atom stereocenters. The monoisotopic (exact) mass is 585 g/mol. The van der Waals surface area contributed by atoms with Crippen molar-refractivity contribution in [2.24, 2.45) is 0 Å². The van der Waals surface area contributed by atoms with E-state index in [4.69, 9.17) is 19.2 Å². The molecule has 8 heteroatoms. The van der Waals surface area contributed by atoms with Crippen molar-refractivity contribution in [3.8, 4) is 17.2 Å². The van der Waals surface area contributed by atoms with Gasteiger partial charge in [0.1, 0.15) is 11.4 Å². The first-order valence-electron chi connectivity index (χ1n) is 14.1. The molecule has 5 aromatic rings. The first kappa shape index (κ1) is 29.3. The zero-order chi connectivity index (χ0) is 28.7. The lowest BCUT2D eigenvalue weighted by molar-refractivity contribution is -0.135. The van der Waals surface area contributed by atoms with Crippen molar-refractivity contribution in [2.45, 2.75) is 39.7 Å². The maximum absolute atomic E-state index is 14.0. The molecule has 2 aromatic heterocycles. The van der Waals surface area contributed by atoms with Crippen LogP contribution in [-0.2, 0) is 17.6 Å². The molecular weight excluding hydrogens is 550 g/mol. The van der Waals surface area contributed by atoms with Gasteiger partial charge in [-0.2, -0.15) is 0 Å². The van der Waals surface area contributed by atoms with Crippen molar-refractivity contribution in [1.29, 1.82) is 0 Å². The van der Waals surface area contributed by atoms with Crippen molar-refractivity contribution in [3.63, 3.8) is 0 Å². The van der Waals surface area contributed by atoms with E-state index in [-0.39, 0.29) is 31.0 Å². The van der Waals surface area contributed by atoms with E-state index < -0.39 is 0 Å². The number of hydrogen-bond donors (Lipinski definition) is 0. The lowest BCUT2D eigenvalue weighted by Gasteiger charge is -2.36.